The van der Waals surface area contributed by atoms with Crippen LogP contribution in [0.4, 0.5) is 0 Å². The van der Waals surface area contributed by atoms with Gasteiger partial charge in [0.1, 0.15) is 0 Å². The summed E-state index contributed by atoms with van der Waals surface area (Å²) in [6.45, 7) is 6.43. The second-order valence-electron chi connectivity index (χ2n) is 7.50. The van der Waals surface area contributed by atoms with Crippen LogP contribution in [0, 0.1) is 5.92 Å². The number of ether oxygens (including phenoxy) is 2. The van der Waals surface area contributed by atoms with E-state index in [9.17, 15) is 9.59 Å². The van der Waals surface area contributed by atoms with Gasteiger partial charge in [-0.05, 0) is 23.0 Å². The van der Waals surface area contributed by atoms with Crippen molar-refractivity contribution in [2.45, 2.75) is 45.4 Å². The monoisotopic (exact) mass is 382 g/mol. The minimum absolute atomic E-state index is 0.0352. The standard InChI is InChI=1S/C24H30O4/c1-18(16-27-23(25)14-19(2)21-10-6-4-7-11-21)17-28-24(26)15-20(3)22-12-8-5-9-13-22/h4-13,18-20H,14-17H2,1-3H3. The average molecular weight is 383 g/mol. The van der Waals surface area contributed by atoms with Crippen LogP contribution >= 0.6 is 0 Å². The maximum atomic E-state index is 12.0. The topological polar surface area (TPSA) is 52.6 Å². The first-order valence-corrected chi connectivity index (χ1v) is 9.86. The summed E-state index contributed by atoms with van der Waals surface area (Å²) in [4.78, 5) is 24.1. The zero-order chi connectivity index (χ0) is 20.4. The maximum Gasteiger partial charge on any atom is 0.306 e. The number of hydrogen-bond acceptors (Lipinski definition) is 4. The molecule has 0 saturated carbocycles. The summed E-state index contributed by atoms with van der Waals surface area (Å²) >= 11 is 0. The van der Waals surface area contributed by atoms with E-state index < -0.39 is 0 Å². The van der Waals surface area contributed by atoms with Crippen molar-refractivity contribution >= 4 is 11.9 Å². The average Bonchev–Trinajstić information content (AvgIpc) is 2.72. The lowest BCUT2D eigenvalue weighted by Gasteiger charge is -2.16. The van der Waals surface area contributed by atoms with Crippen molar-refractivity contribution in [3.8, 4) is 0 Å². The summed E-state index contributed by atoms with van der Waals surface area (Å²) in [5.74, 6) is -0.269. The molecule has 0 fully saturated rings. The summed E-state index contributed by atoms with van der Waals surface area (Å²) < 4.78 is 10.7. The van der Waals surface area contributed by atoms with Gasteiger partial charge in [-0.1, -0.05) is 81.4 Å². The van der Waals surface area contributed by atoms with E-state index in [2.05, 4.69) is 0 Å². The van der Waals surface area contributed by atoms with Crippen LogP contribution in [0.25, 0.3) is 0 Å². The van der Waals surface area contributed by atoms with E-state index in [1.54, 1.807) is 0 Å². The Hall–Kier alpha value is -2.62. The van der Waals surface area contributed by atoms with E-state index in [1.807, 2.05) is 81.4 Å². The van der Waals surface area contributed by atoms with Crippen molar-refractivity contribution in [3.05, 3.63) is 71.8 Å². The van der Waals surface area contributed by atoms with Crippen LogP contribution < -0.4 is 0 Å². The van der Waals surface area contributed by atoms with Gasteiger partial charge in [0.05, 0.1) is 26.1 Å². The number of carbonyl (C=O) groups excluding carboxylic acids is 2. The first kappa shape index (κ1) is 21.7. The van der Waals surface area contributed by atoms with Crippen LogP contribution in [-0.2, 0) is 19.1 Å². The Morgan fingerprint density at radius 1 is 0.679 bits per heavy atom. The molecule has 28 heavy (non-hydrogen) atoms. The van der Waals surface area contributed by atoms with Gasteiger partial charge in [-0.15, -0.1) is 0 Å². The highest BCUT2D eigenvalue weighted by Gasteiger charge is 2.16. The molecule has 2 aromatic rings. The van der Waals surface area contributed by atoms with Gasteiger partial charge in [-0.25, -0.2) is 0 Å². The molecule has 0 aliphatic carbocycles. The molecule has 0 aliphatic rings. The van der Waals surface area contributed by atoms with Gasteiger partial charge in [-0.2, -0.15) is 0 Å². The fourth-order valence-corrected chi connectivity index (χ4v) is 2.94. The molecule has 4 nitrogen and oxygen atoms in total. The lowest BCUT2D eigenvalue weighted by atomic mass is 9.98. The SMILES string of the molecule is CC(COC(=O)CC(C)c1ccccc1)COC(=O)CC(C)c1ccccc1. The molecule has 2 atom stereocenters. The quantitative estimate of drug-likeness (QED) is 0.537. The number of benzene rings is 2. The van der Waals surface area contributed by atoms with E-state index in [4.69, 9.17) is 9.47 Å². The number of hydrogen-bond donors (Lipinski definition) is 0. The van der Waals surface area contributed by atoms with Crippen LogP contribution in [0.3, 0.4) is 0 Å². The van der Waals surface area contributed by atoms with E-state index in [0.29, 0.717) is 12.8 Å². The summed E-state index contributed by atoms with van der Waals surface area (Å²) in [5, 5.41) is 0. The molecule has 0 heterocycles. The Morgan fingerprint density at radius 2 is 1.04 bits per heavy atom. The fourth-order valence-electron chi connectivity index (χ4n) is 2.94. The highest BCUT2D eigenvalue weighted by atomic mass is 16.5. The predicted octanol–water partition coefficient (Wildman–Crippen LogP) is 5.10. The van der Waals surface area contributed by atoms with E-state index >= 15 is 0 Å². The molecule has 0 spiro atoms. The van der Waals surface area contributed by atoms with Gasteiger partial charge in [0.2, 0.25) is 0 Å². The van der Waals surface area contributed by atoms with Gasteiger partial charge in [0, 0.05) is 5.92 Å². The normalized spacial score (nSPS) is 14.0. The fraction of sp³-hybridized carbons (Fsp3) is 0.417. The van der Waals surface area contributed by atoms with Crippen molar-refractivity contribution in [3.63, 3.8) is 0 Å². The van der Waals surface area contributed by atoms with Gasteiger partial charge < -0.3 is 9.47 Å². The van der Waals surface area contributed by atoms with Crippen molar-refractivity contribution in [2.75, 3.05) is 13.2 Å². The molecular weight excluding hydrogens is 352 g/mol. The smallest absolute Gasteiger partial charge is 0.306 e. The van der Waals surface area contributed by atoms with Gasteiger partial charge in [0.15, 0.2) is 0 Å². The van der Waals surface area contributed by atoms with Crippen LogP contribution in [0.1, 0.15) is 56.6 Å². The minimum Gasteiger partial charge on any atom is -0.465 e. The van der Waals surface area contributed by atoms with E-state index in [1.165, 1.54) is 0 Å². The molecule has 2 unspecified atom stereocenters. The lowest BCUT2D eigenvalue weighted by molar-refractivity contribution is -0.149. The van der Waals surface area contributed by atoms with Crippen LogP contribution in [0.15, 0.2) is 60.7 Å². The Kier molecular flexibility index (Phi) is 8.73. The molecule has 0 aliphatic heterocycles. The van der Waals surface area contributed by atoms with Gasteiger partial charge in [-0.3, -0.25) is 9.59 Å². The summed E-state index contributed by atoms with van der Waals surface area (Å²) in [6.07, 6.45) is 0.677. The maximum absolute atomic E-state index is 12.0. The Labute approximate surface area is 167 Å². The third kappa shape index (κ3) is 7.55. The molecule has 0 N–H and O–H groups in total. The summed E-state index contributed by atoms with van der Waals surface area (Å²) in [5.41, 5.74) is 2.24. The first-order chi connectivity index (χ1) is 13.5. The zero-order valence-electron chi connectivity index (χ0n) is 17.0. The van der Waals surface area contributed by atoms with Gasteiger partial charge >= 0.3 is 11.9 Å². The molecule has 0 radical (unpaired) electrons. The van der Waals surface area contributed by atoms with Crippen LogP contribution in [-0.4, -0.2) is 25.2 Å². The molecule has 2 aromatic carbocycles. The zero-order valence-corrected chi connectivity index (χ0v) is 17.0. The van der Waals surface area contributed by atoms with Crippen LogP contribution in [0.5, 0.6) is 0 Å². The Balaban J connectivity index is 1.64. The second kappa shape index (κ2) is 11.3. The first-order valence-electron chi connectivity index (χ1n) is 9.86. The number of rotatable bonds is 10. The number of carbonyl (C=O) groups is 2. The van der Waals surface area contributed by atoms with Crippen molar-refractivity contribution in [1.82, 2.24) is 0 Å². The minimum atomic E-state index is -0.229. The molecule has 2 rings (SSSR count). The van der Waals surface area contributed by atoms with Crippen LogP contribution in [0.2, 0.25) is 0 Å². The molecule has 0 saturated heterocycles. The van der Waals surface area contributed by atoms with Crippen molar-refractivity contribution in [2.24, 2.45) is 5.92 Å². The molecule has 4 heteroatoms. The van der Waals surface area contributed by atoms with Gasteiger partial charge in [0.25, 0.3) is 0 Å². The molecule has 150 valence electrons. The summed E-state index contributed by atoms with van der Waals surface area (Å²) in [6, 6.07) is 19.8. The molecule has 0 aromatic heterocycles. The highest BCUT2D eigenvalue weighted by Crippen LogP contribution is 2.20. The second-order valence-corrected chi connectivity index (χ2v) is 7.50. The number of esters is 2. The molecule has 0 amide bonds. The predicted molar refractivity (Wildman–Crippen MR) is 110 cm³/mol. The highest BCUT2D eigenvalue weighted by molar-refractivity contribution is 5.71. The third-order valence-corrected chi connectivity index (χ3v) is 4.74. The van der Waals surface area contributed by atoms with E-state index in [0.717, 1.165) is 11.1 Å². The third-order valence-electron chi connectivity index (χ3n) is 4.74. The largest absolute Gasteiger partial charge is 0.465 e. The molecular formula is C24H30O4. The van der Waals surface area contributed by atoms with Crippen molar-refractivity contribution < 1.29 is 19.1 Å². The lowest BCUT2D eigenvalue weighted by Crippen LogP contribution is -2.20. The molecule has 0 bridgehead atoms. The summed E-state index contributed by atoms with van der Waals surface area (Å²) in [7, 11) is 0. The Morgan fingerprint density at radius 3 is 1.39 bits per heavy atom. The Bertz CT molecular complexity index is 663. The van der Waals surface area contributed by atoms with E-state index in [-0.39, 0.29) is 42.9 Å². The van der Waals surface area contributed by atoms with Crippen molar-refractivity contribution in [1.29, 1.82) is 0 Å².